The molecule has 1 saturated carbocycles. The summed E-state index contributed by atoms with van der Waals surface area (Å²) in [6, 6.07) is 0. The maximum Gasteiger partial charge on any atom is 0.0956 e. The molecule has 0 aliphatic heterocycles. The van der Waals surface area contributed by atoms with Gasteiger partial charge in [-0.2, -0.15) is 0 Å². The molecule has 1 rings (SSSR count). The smallest absolute Gasteiger partial charge is 0.0956 e. The Kier molecular flexibility index (Phi) is 5.73. The first-order valence-corrected chi connectivity index (χ1v) is 6.56. The van der Waals surface area contributed by atoms with Gasteiger partial charge in [0.15, 0.2) is 0 Å². The molecular weight excluding hydrogens is 202 g/mol. The van der Waals surface area contributed by atoms with Crippen molar-refractivity contribution < 1.29 is 9.84 Å². The van der Waals surface area contributed by atoms with E-state index in [0.717, 1.165) is 25.9 Å². The van der Waals surface area contributed by atoms with E-state index in [4.69, 9.17) is 4.74 Å². The fraction of sp³-hybridized carbons (Fsp3) is 1.00. The van der Waals surface area contributed by atoms with Crippen LogP contribution in [-0.2, 0) is 4.74 Å². The third kappa shape index (κ3) is 3.19. The SMILES string of the molecule is CCCOCC(O)C1(N(C)C)CCCCC1. The van der Waals surface area contributed by atoms with E-state index < -0.39 is 0 Å². The van der Waals surface area contributed by atoms with Gasteiger partial charge in [-0.25, -0.2) is 0 Å². The van der Waals surface area contributed by atoms with E-state index in [2.05, 4.69) is 25.9 Å². The zero-order valence-electron chi connectivity index (χ0n) is 11.0. The van der Waals surface area contributed by atoms with E-state index in [-0.39, 0.29) is 11.6 Å². The molecule has 1 atom stereocenters. The van der Waals surface area contributed by atoms with Crippen molar-refractivity contribution in [3.63, 3.8) is 0 Å². The summed E-state index contributed by atoms with van der Waals surface area (Å²) in [5.74, 6) is 0. The van der Waals surface area contributed by atoms with Crippen molar-refractivity contribution in [1.29, 1.82) is 0 Å². The molecule has 0 amide bonds. The third-order valence-electron chi connectivity index (χ3n) is 3.85. The number of likely N-dealkylation sites (N-methyl/N-ethyl adjacent to an activating group) is 1. The first-order valence-electron chi connectivity index (χ1n) is 6.56. The van der Waals surface area contributed by atoms with Crippen molar-refractivity contribution in [3.8, 4) is 0 Å². The van der Waals surface area contributed by atoms with Gasteiger partial charge in [0, 0.05) is 12.1 Å². The summed E-state index contributed by atoms with van der Waals surface area (Å²) in [4.78, 5) is 2.20. The van der Waals surface area contributed by atoms with Crippen molar-refractivity contribution in [1.82, 2.24) is 4.90 Å². The zero-order valence-corrected chi connectivity index (χ0v) is 11.0. The van der Waals surface area contributed by atoms with Crippen LogP contribution in [0, 0.1) is 0 Å². The molecule has 1 N–H and O–H groups in total. The Labute approximate surface area is 99.8 Å². The highest BCUT2D eigenvalue weighted by Crippen LogP contribution is 2.35. The van der Waals surface area contributed by atoms with Crippen molar-refractivity contribution >= 4 is 0 Å². The van der Waals surface area contributed by atoms with Crippen LogP contribution in [0.2, 0.25) is 0 Å². The van der Waals surface area contributed by atoms with E-state index in [1.807, 2.05) is 0 Å². The number of rotatable bonds is 6. The average Bonchev–Trinajstić information content (AvgIpc) is 2.30. The van der Waals surface area contributed by atoms with Crippen molar-refractivity contribution in [2.45, 2.75) is 57.1 Å². The van der Waals surface area contributed by atoms with E-state index in [1.165, 1.54) is 19.3 Å². The standard InChI is InChI=1S/C13H27NO2/c1-4-10-16-11-12(15)13(14(2)3)8-6-5-7-9-13/h12,15H,4-11H2,1-3H3. The fourth-order valence-corrected chi connectivity index (χ4v) is 2.74. The van der Waals surface area contributed by atoms with E-state index in [9.17, 15) is 5.11 Å². The van der Waals surface area contributed by atoms with Gasteiger partial charge < -0.3 is 14.7 Å². The second-order valence-corrected chi connectivity index (χ2v) is 5.15. The van der Waals surface area contributed by atoms with Gasteiger partial charge in [-0.15, -0.1) is 0 Å². The van der Waals surface area contributed by atoms with Crippen LogP contribution in [0.25, 0.3) is 0 Å². The van der Waals surface area contributed by atoms with Crippen molar-refractivity contribution in [2.75, 3.05) is 27.3 Å². The summed E-state index contributed by atoms with van der Waals surface area (Å²) in [7, 11) is 4.16. The Morgan fingerprint density at radius 3 is 2.38 bits per heavy atom. The van der Waals surface area contributed by atoms with E-state index >= 15 is 0 Å². The molecule has 16 heavy (non-hydrogen) atoms. The predicted molar refractivity (Wildman–Crippen MR) is 66.6 cm³/mol. The Morgan fingerprint density at radius 1 is 1.25 bits per heavy atom. The molecule has 1 unspecified atom stereocenters. The summed E-state index contributed by atoms with van der Waals surface area (Å²) < 4.78 is 5.50. The first-order chi connectivity index (χ1) is 7.63. The molecule has 1 aliphatic carbocycles. The average molecular weight is 229 g/mol. The van der Waals surface area contributed by atoms with Crippen molar-refractivity contribution in [2.24, 2.45) is 0 Å². The lowest BCUT2D eigenvalue weighted by molar-refractivity contribution is -0.0734. The lowest BCUT2D eigenvalue weighted by Gasteiger charge is -2.46. The lowest BCUT2D eigenvalue weighted by atomic mass is 9.77. The molecule has 1 aliphatic rings. The largest absolute Gasteiger partial charge is 0.389 e. The second kappa shape index (κ2) is 6.58. The molecule has 1 fully saturated rings. The molecule has 0 aromatic rings. The number of aliphatic hydroxyl groups excluding tert-OH is 1. The Balaban J connectivity index is 2.54. The summed E-state index contributed by atoms with van der Waals surface area (Å²) in [6.45, 7) is 3.32. The van der Waals surface area contributed by atoms with Crippen LogP contribution >= 0.6 is 0 Å². The molecule has 0 saturated heterocycles. The Bertz CT molecular complexity index is 188. The lowest BCUT2D eigenvalue weighted by Crippen LogP contribution is -2.56. The van der Waals surface area contributed by atoms with Crippen LogP contribution in [-0.4, -0.2) is 49.0 Å². The van der Waals surface area contributed by atoms with Gasteiger partial charge in [0.1, 0.15) is 0 Å². The number of aliphatic hydroxyl groups is 1. The van der Waals surface area contributed by atoms with Crippen LogP contribution in [0.5, 0.6) is 0 Å². The quantitative estimate of drug-likeness (QED) is 0.707. The van der Waals surface area contributed by atoms with Gasteiger partial charge in [0.25, 0.3) is 0 Å². The molecule has 0 bridgehead atoms. The number of ether oxygens (including phenoxy) is 1. The van der Waals surface area contributed by atoms with Gasteiger partial charge >= 0.3 is 0 Å². The molecule has 0 spiro atoms. The van der Waals surface area contributed by atoms with Gasteiger partial charge in [-0.05, 0) is 33.4 Å². The Morgan fingerprint density at radius 2 is 1.88 bits per heavy atom. The Hall–Kier alpha value is -0.120. The maximum absolute atomic E-state index is 10.4. The normalized spacial score (nSPS) is 22.3. The van der Waals surface area contributed by atoms with Gasteiger partial charge in [0.05, 0.1) is 12.7 Å². The minimum atomic E-state index is -0.352. The fourth-order valence-electron chi connectivity index (χ4n) is 2.74. The van der Waals surface area contributed by atoms with Gasteiger partial charge in [0.2, 0.25) is 0 Å². The van der Waals surface area contributed by atoms with Crippen molar-refractivity contribution in [3.05, 3.63) is 0 Å². The highest BCUT2D eigenvalue weighted by Gasteiger charge is 2.40. The molecule has 3 nitrogen and oxygen atoms in total. The second-order valence-electron chi connectivity index (χ2n) is 5.15. The van der Waals surface area contributed by atoms with Crippen LogP contribution in [0.1, 0.15) is 45.4 Å². The van der Waals surface area contributed by atoms with Crippen LogP contribution in [0.4, 0.5) is 0 Å². The zero-order chi connectivity index (χ0) is 12.0. The first kappa shape index (κ1) is 13.9. The maximum atomic E-state index is 10.4. The highest BCUT2D eigenvalue weighted by atomic mass is 16.5. The third-order valence-corrected chi connectivity index (χ3v) is 3.85. The highest BCUT2D eigenvalue weighted by molar-refractivity contribution is 4.96. The van der Waals surface area contributed by atoms with Crippen LogP contribution in [0.3, 0.4) is 0 Å². The summed E-state index contributed by atoms with van der Waals surface area (Å²) in [5.41, 5.74) is -0.0496. The van der Waals surface area contributed by atoms with Gasteiger partial charge in [-0.1, -0.05) is 26.2 Å². The molecule has 0 aromatic heterocycles. The molecule has 0 radical (unpaired) electrons. The summed E-state index contributed by atoms with van der Waals surface area (Å²) >= 11 is 0. The molecular formula is C13H27NO2. The van der Waals surface area contributed by atoms with E-state index in [0.29, 0.717) is 6.61 Å². The molecule has 3 heteroatoms. The topological polar surface area (TPSA) is 32.7 Å². The number of hydrogen-bond acceptors (Lipinski definition) is 3. The van der Waals surface area contributed by atoms with Crippen LogP contribution < -0.4 is 0 Å². The minimum Gasteiger partial charge on any atom is -0.389 e. The molecule has 0 heterocycles. The van der Waals surface area contributed by atoms with E-state index in [1.54, 1.807) is 0 Å². The van der Waals surface area contributed by atoms with Gasteiger partial charge in [-0.3, -0.25) is 0 Å². The summed E-state index contributed by atoms with van der Waals surface area (Å²) in [6.07, 6.45) is 6.61. The predicted octanol–water partition coefficient (Wildman–Crippen LogP) is 2.04. The monoisotopic (exact) mass is 229 g/mol. The minimum absolute atomic E-state index is 0.0496. The number of hydrogen-bond donors (Lipinski definition) is 1. The summed E-state index contributed by atoms with van der Waals surface area (Å²) in [5, 5.41) is 10.4. The number of nitrogens with zero attached hydrogens (tertiary/aromatic N) is 1. The molecule has 0 aromatic carbocycles. The van der Waals surface area contributed by atoms with Crippen LogP contribution in [0.15, 0.2) is 0 Å². The molecule has 96 valence electrons.